The zero-order valence-corrected chi connectivity index (χ0v) is 6.93. The predicted molar refractivity (Wildman–Crippen MR) is 42.5 cm³/mol. The molecule has 8 heavy (non-hydrogen) atoms. The Labute approximate surface area is 53.4 Å². The molecule has 2 fully saturated rings. The average molecular weight is 146 g/mol. The third kappa shape index (κ3) is 0.829. The fraction of sp³-hybridized carbons (Fsp3) is 1.00. The van der Waals surface area contributed by atoms with Crippen molar-refractivity contribution < 1.29 is 0 Å². The average Bonchev–Trinajstić information content (AvgIpc) is 2.15. The van der Waals surface area contributed by atoms with Crippen LogP contribution in [-0.4, -0.2) is 24.6 Å². The van der Waals surface area contributed by atoms with Crippen molar-refractivity contribution in [1.29, 1.82) is 0 Å². The molecule has 0 aromatic rings. The molecule has 0 aromatic carbocycles. The van der Waals surface area contributed by atoms with Gasteiger partial charge in [0.15, 0.2) is 0 Å². The van der Waals surface area contributed by atoms with Crippen LogP contribution >= 0.6 is 15.2 Å². The highest BCUT2D eigenvalue weighted by atomic mass is 32.1. The van der Waals surface area contributed by atoms with Gasteiger partial charge in [0.2, 0.25) is 0 Å². The minimum Gasteiger partial charge on any atom is -0.0810 e. The highest BCUT2D eigenvalue weighted by Gasteiger charge is 2.29. The first-order valence-corrected chi connectivity index (χ1v) is 7.59. The van der Waals surface area contributed by atoms with E-state index in [1.54, 1.807) is 37.5 Å². The van der Waals surface area contributed by atoms with E-state index in [9.17, 15) is 0 Å². The fourth-order valence-corrected chi connectivity index (χ4v) is 10.9. The molecule has 0 amide bonds. The zero-order valence-electron chi connectivity index (χ0n) is 5.14. The van der Waals surface area contributed by atoms with Crippen molar-refractivity contribution in [3.05, 3.63) is 0 Å². The minimum absolute atomic E-state index is 0.672. The maximum Gasteiger partial charge on any atom is -0.0284 e. The highest BCUT2D eigenvalue weighted by molar-refractivity contribution is 8.31. The summed E-state index contributed by atoms with van der Waals surface area (Å²) in [5.74, 6) is 0. The van der Waals surface area contributed by atoms with E-state index in [1.807, 2.05) is 0 Å². The molecule has 0 bridgehead atoms. The molecule has 2 heterocycles. The van der Waals surface area contributed by atoms with Crippen LogP contribution in [0.3, 0.4) is 0 Å². The summed E-state index contributed by atoms with van der Waals surface area (Å²) in [5.41, 5.74) is 0. The van der Waals surface area contributed by atoms with Crippen LogP contribution in [0.1, 0.15) is 12.8 Å². The summed E-state index contributed by atoms with van der Waals surface area (Å²) in [6.45, 7) is 0. The van der Waals surface area contributed by atoms with Gasteiger partial charge in [0.25, 0.3) is 0 Å². The van der Waals surface area contributed by atoms with Gasteiger partial charge in [-0.25, -0.2) is 0 Å². The lowest BCUT2D eigenvalue weighted by Gasteiger charge is -2.06. The van der Waals surface area contributed by atoms with Crippen molar-refractivity contribution in [2.24, 2.45) is 0 Å². The van der Waals surface area contributed by atoms with Crippen molar-refractivity contribution >= 4 is 15.2 Å². The summed E-state index contributed by atoms with van der Waals surface area (Å²) >= 11 is 0. The first-order chi connectivity index (χ1) is 3.97. The summed E-state index contributed by atoms with van der Waals surface area (Å²) in [6, 6.07) is 0. The third-order valence-electron chi connectivity index (χ3n) is 2.06. The Morgan fingerprint density at radius 1 is 0.625 bits per heavy atom. The van der Waals surface area contributed by atoms with Crippen LogP contribution in [0.5, 0.6) is 0 Å². The molecule has 0 N–H and O–H groups in total. The first kappa shape index (κ1) is 5.63. The first-order valence-electron chi connectivity index (χ1n) is 3.46. The molecule has 2 rings (SSSR count). The molecule has 0 aliphatic carbocycles. The standard InChI is InChI=1S/C6H12P2/c1-3-7-5-2-6-8(7)4-1/h1-6H2. The topological polar surface area (TPSA) is 0 Å². The van der Waals surface area contributed by atoms with Crippen LogP contribution in [0.25, 0.3) is 0 Å². The Balaban J connectivity index is 2.04. The summed E-state index contributed by atoms with van der Waals surface area (Å²) in [4.78, 5) is 0. The van der Waals surface area contributed by atoms with E-state index in [-0.39, 0.29) is 0 Å². The van der Waals surface area contributed by atoms with Crippen LogP contribution in [0.15, 0.2) is 0 Å². The smallest absolute Gasteiger partial charge is 0.0284 e. The lowest BCUT2D eigenvalue weighted by Crippen LogP contribution is -1.79. The zero-order chi connectivity index (χ0) is 5.40. The summed E-state index contributed by atoms with van der Waals surface area (Å²) in [7, 11) is 1.34. The maximum atomic E-state index is 1.65. The molecule has 0 saturated carbocycles. The van der Waals surface area contributed by atoms with E-state index < -0.39 is 0 Å². The molecule has 0 nitrogen and oxygen atoms in total. The van der Waals surface area contributed by atoms with Gasteiger partial charge in [-0.3, -0.25) is 0 Å². The van der Waals surface area contributed by atoms with Crippen molar-refractivity contribution in [2.75, 3.05) is 24.6 Å². The van der Waals surface area contributed by atoms with E-state index >= 15 is 0 Å². The molecule has 2 heteroatoms. The Morgan fingerprint density at radius 2 is 1.00 bits per heavy atom. The molecular formula is C6H12P2. The van der Waals surface area contributed by atoms with Gasteiger partial charge in [-0.15, -0.1) is 0 Å². The molecule has 0 atom stereocenters. The van der Waals surface area contributed by atoms with E-state index in [1.165, 1.54) is 0 Å². The molecule has 0 aromatic heterocycles. The van der Waals surface area contributed by atoms with E-state index in [0.29, 0.717) is 15.2 Å². The Hall–Kier alpha value is 0.860. The summed E-state index contributed by atoms with van der Waals surface area (Å²) in [5, 5.41) is 0. The Morgan fingerprint density at radius 3 is 1.38 bits per heavy atom. The van der Waals surface area contributed by atoms with Crippen molar-refractivity contribution in [3.8, 4) is 0 Å². The van der Waals surface area contributed by atoms with Crippen LogP contribution in [0, 0.1) is 0 Å². The predicted octanol–water partition coefficient (Wildman–Crippen LogP) is 2.67. The van der Waals surface area contributed by atoms with Gasteiger partial charge in [-0.2, -0.15) is 0 Å². The van der Waals surface area contributed by atoms with Crippen LogP contribution in [0.2, 0.25) is 0 Å². The Bertz CT molecular complexity index is 72.5. The third-order valence-corrected chi connectivity index (χ3v) is 11.0. The van der Waals surface area contributed by atoms with Crippen LogP contribution < -0.4 is 0 Å². The van der Waals surface area contributed by atoms with Crippen molar-refractivity contribution in [2.45, 2.75) is 12.8 Å². The van der Waals surface area contributed by atoms with E-state index in [4.69, 9.17) is 0 Å². The van der Waals surface area contributed by atoms with Gasteiger partial charge in [-0.05, 0) is 37.5 Å². The molecule has 0 spiro atoms. The van der Waals surface area contributed by atoms with Crippen LogP contribution in [-0.2, 0) is 0 Å². The van der Waals surface area contributed by atoms with E-state index in [2.05, 4.69) is 0 Å². The maximum absolute atomic E-state index is 1.65. The monoisotopic (exact) mass is 146 g/mol. The van der Waals surface area contributed by atoms with Crippen molar-refractivity contribution in [1.82, 2.24) is 0 Å². The van der Waals surface area contributed by atoms with Gasteiger partial charge in [0.05, 0.1) is 0 Å². The number of fused-ring (bicyclic) bond motifs is 1. The second-order valence-corrected chi connectivity index (χ2v) is 9.82. The number of rotatable bonds is 0. The molecule has 46 valence electrons. The summed E-state index contributed by atoms with van der Waals surface area (Å²) in [6.07, 6.45) is 9.80. The lowest BCUT2D eigenvalue weighted by molar-refractivity contribution is 1.07. The molecule has 0 radical (unpaired) electrons. The van der Waals surface area contributed by atoms with Gasteiger partial charge in [-0.1, -0.05) is 15.2 Å². The van der Waals surface area contributed by atoms with Gasteiger partial charge < -0.3 is 0 Å². The minimum atomic E-state index is 0.672. The second kappa shape index (κ2) is 2.24. The SMILES string of the molecule is C1CP2CCCP2C1. The summed E-state index contributed by atoms with van der Waals surface area (Å²) < 4.78 is 0. The van der Waals surface area contributed by atoms with Gasteiger partial charge in [0.1, 0.15) is 0 Å². The second-order valence-electron chi connectivity index (χ2n) is 2.61. The van der Waals surface area contributed by atoms with E-state index in [0.717, 1.165) is 0 Å². The number of hydrogen-bond acceptors (Lipinski definition) is 0. The van der Waals surface area contributed by atoms with Crippen LogP contribution in [0.4, 0.5) is 0 Å². The fourth-order valence-electron chi connectivity index (χ4n) is 1.66. The normalized spacial score (nSPS) is 45.0. The number of hydrogen-bond donors (Lipinski definition) is 0. The quantitative estimate of drug-likeness (QED) is 0.461. The largest absolute Gasteiger partial charge is 0.0810 e. The molecule has 2 aliphatic heterocycles. The molecule has 2 saturated heterocycles. The van der Waals surface area contributed by atoms with Crippen molar-refractivity contribution in [3.63, 3.8) is 0 Å². The van der Waals surface area contributed by atoms with Gasteiger partial charge >= 0.3 is 0 Å². The lowest BCUT2D eigenvalue weighted by atomic mass is 10.5. The van der Waals surface area contributed by atoms with Gasteiger partial charge in [0, 0.05) is 0 Å². The molecule has 0 unspecified atom stereocenters. The molecule has 2 aliphatic rings. The Kier molecular flexibility index (Phi) is 1.57. The highest BCUT2D eigenvalue weighted by Crippen LogP contribution is 2.77. The molecular weight excluding hydrogens is 134 g/mol.